The Morgan fingerprint density at radius 3 is 2.14 bits per heavy atom. The van der Waals surface area contributed by atoms with Gasteiger partial charge < -0.3 is 0 Å². The van der Waals surface area contributed by atoms with Gasteiger partial charge in [0, 0.05) is 16.3 Å². The van der Waals surface area contributed by atoms with Crippen LogP contribution >= 0.6 is 34.8 Å². The zero-order valence-corrected chi connectivity index (χ0v) is 17.7. The highest BCUT2D eigenvalue weighted by Crippen LogP contribution is 2.33. The highest BCUT2D eigenvalue weighted by molar-refractivity contribution is 7.92. The number of benzene rings is 3. The molecule has 0 radical (unpaired) electrons. The third kappa shape index (κ3) is 5.33. The summed E-state index contributed by atoms with van der Waals surface area (Å²) in [5.74, 6) is -0.521. The van der Waals surface area contributed by atoms with Gasteiger partial charge in [-0.1, -0.05) is 59.1 Å². The fourth-order valence-electron chi connectivity index (χ4n) is 2.39. The lowest BCUT2D eigenvalue weighted by Gasteiger charge is -2.13. The number of nitrogens with one attached hydrogen (secondary N) is 3. The van der Waals surface area contributed by atoms with Crippen LogP contribution in [0.2, 0.25) is 15.1 Å². The molecule has 0 saturated carbocycles. The lowest BCUT2D eigenvalue weighted by Crippen LogP contribution is -2.29. The lowest BCUT2D eigenvalue weighted by molar-refractivity contribution is 0.0962. The molecule has 0 aliphatic carbocycles. The van der Waals surface area contributed by atoms with E-state index >= 15 is 0 Å². The van der Waals surface area contributed by atoms with Crippen LogP contribution in [0.3, 0.4) is 0 Å². The van der Waals surface area contributed by atoms with Gasteiger partial charge in [0.2, 0.25) is 0 Å². The first-order chi connectivity index (χ1) is 13.8. The van der Waals surface area contributed by atoms with E-state index in [-0.39, 0.29) is 31.9 Å². The predicted octanol–water partition coefficient (Wildman–Crippen LogP) is 5.20. The van der Waals surface area contributed by atoms with E-state index in [9.17, 15) is 13.2 Å². The minimum Gasteiger partial charge on any atom is -0.295 e. The molecule has 10 heteroatoms. The Bertz CT molecular complexity index is 1130. The van der Waals surface area contributed by atoms with E-state index in [1.807, 2.05) is 0 Å². The van der Waals surface area contributed by atoms with Gasteiger partial charge >= 0.3 is 0 Å². The molecule has 6 nitrogen and oxygen atoms in total. The molecule has 0 bridgehead atoms. The summed E-state index contributed by atoms with van der Waals surface area (Å²) in [6, 6.07) is 16.9. The number of carbonyl (C=O) groups excluding carboxylic acids is 1. The Labute approximate surface area is 182 Å². The van der Waals surface area contributed by atoms with Crippen molar-refractivity contribution in [3.8, 4) is 0 Å². The summed E-state index contributed by atoms with van der Waals surface area (Å²) in [7, 11) is -3.77. The van der Waals surface area contributed by atoms with E-state index in [4.69, 9.17) is 34.8 Å². The van der Waals surface area contributed by atoms with Gasteiger partial charge in [-0.15, -0.1) is 0 Å². The summed E-state index contributed by atoms with van der Waals surface area (Å²) in [5, 5.41) is 0.814. The average Bonchev–Trinajstić information content (AvgIpc) is 2.67. The standard InChI is InChI=1S/C19H14Cl3N3O3S/c20-13-10-16(21)18(17(22)11-13)23-24-19(26)12-5-4-6-14(9-12)25-29(27,28)15-7-2-1-3-8-15/h1-11,23,25H,(H,24,26). The van der Waals surface area contributed by atoms with Crippen LogP contribution in [0, 0.1) is 0 Å². The molecule has 0 saturated heterocycles. The summed E-state index contributed by atoms with van der Waals surface area (Å²) < 4.78 is 27.3. The molecule has 3 aromatic rings. The van der Waals surface area contributed by atoms with Crippen molar-refractivity contribution in [2.75, 3.05) is 10.1 Å². The van der Waals surface area contributed by atoms with Crippen molar-refractivity contribution in [3.63, 3.8) is 0 Å². The minimum atomic E-state index is -3.77. The Hall–Kier alpha value is -2.45. The van der Waals surface area contributed by atoms with E-state index in [1.165, 1.54) is 42.5 Å². The number of sulfonamides is 1. The highest BCUT2D eigenvalue weighted by Gasteiger charge is 2.15. The molecule has 0 atom stereocenters. The van der Waals surface area contributed by atoms with Crippen LogP contribution in [0.15, 0.2) is 71.6 Å². The molecular weight excluding hydrogens is 457 g/mol. The molecule has 1 amide bonds. The minimum absolute atomic E-state index is 0.114. The zero-order chi connectivity index (χ0) is 21.0. The molecule has 0 fully saturated rings. The van der Waals surface area contributed by atoms with Gasteiger partial charge in [-0.3, -0.25) is 20.4 Å². The number of anilines is 2. The fraction of sp³-hybridized carbons (Fsp3) is 0. The number of carbonyl (C=O) groups is 1. The highest BCUT2D eigenvalue weighted by atomic mass is 35.5. The first-order valence-electron chi connectivity index (χ1n) is 8.15. The van der Waals surface area contributed by atoms with E-state index in [0.717, 1.165) is 0 Å². The van der Waals surface area contributed by atoms with Crippen molar-refractivity contribution in [3.05, 3.63) is 87.4 Å². The lowest BCUT2D eigenvalue weighted by atomic mass is 10.2. The molecule has 0 unspecified atom stereocenters. The quantitative estimate of drug-likeness (QED) is 0.432. The number of rotatable bonds is 6. The van der Waals surface area contributed by atoms with Crippen LogP contribution in [-0.2, 0) is 10.0 Å². The van der Waals surface area contributed by atoms with Crippen molar-refractivity contribution >= 4 is 62.1 Å². The molecule has 29 heavy (non-hydrogen) atoms. The zero-order valence-electron chi connectivity index (χ0n) is 14.6. The van der Waals surface area contributed by atoms with Gasteiger partial charge in [-0.2, -0.15) is 0 Å². The van der Waals surface area contributed by atoms with Crippen molar-refractivity contribution in [2.24, 2.45) is 0 Å². The normalized spacial score (nSPS) is 11.0. The van der Waals surface area contributed by atoms with Crippen molar-refractivity contribution in [1.29, 1.82) is 0 Å². The molecule has 150 valence electrons. The van der Waals surface area contributed by atoms with Gasteiger partial charge in [0.1, 0.15) is 0 Å². The van der Waals surface area contributed by atoms with Crippen molar-refractivity contribution < 1.29 is 13.2 Å². The molecule has 0 aromatic heterocycles. The molecule has 0 aliphatic heterocycles. The smallest absolute Gasteiger partial charge is 0.269 e. The van der Waals surface area contributed by atoms with Gasteiger partial charge in [0.25, 0.3) is 15.9 Å². The number of hydrazine groups is 1. The Morgan fingerprint density at radius 2 is 1.48 bits per heavy atom. The number of hydrogen-bond acceptors (Lipinski definition) is 4. The maximum absolute atomic E-state index is 12.4. The van der Waals surface area contributed by atoms with Crippen LogP contribution in [-0.4, -0.2) is 14.3 Å². The van der Waals surface area contributed by atoms with E-state index in [2.05, 4.69) is 15.6 Å². The van der Waals surface area contributed by atoms with E-state index in [1.54, 1.807) is 24.3 Å². The Morgan fingerprint density at radius 1 is 0.828 bits per heavy atom. The van der Waals surface area contributed by atoms with Gasteiger partial charge in [-0.05, 0) is 42.5 Å². The summed E-state index contributed by atoms with van der Waals surface area (Å²) in [5.41, 5.74) is 5.84. The van der Waals surface area contributed by atoms with Gasteiger partial charge in [0.05, 0.1) is 20.6 Å². The Balaban J connectivity index is 1.73. The monoisotopic (exact) mass is 469 g/mol. The van der Waals surface area contributed by atoms with Crippen molar-refractivity contribution in [2.45, 2.75) is 4.90 Å². The third-order valence-corrected chi connectivity index (χ3v) is 5.95. The molecule has 0 heterocycles. The van der Waals surface area contributed by atoms with Gasteiger partial charge in [0.15, 0.2) is 0 Å². The van der Waals surface area contributed by atoms with Crippen LogP contribution < -0.4 is 15.6 Å². The summed E-state index contributed by atoms with van der Waals surface area (Å²) >= 11 is 18.0. The van der Waals surface area contributed by atoms with Crippen LogP contribution in [0.25, 0.3) is 0 Å². The largest absolute Gasteiger partial charge is 0.295 e. The van der Waals surface area contributed by atoms with Crippen LogP contribution in [0.4, 0.5) is 11.4 Å². The summed E-state index contributed by atoms with van der Waals surface area (Å²) in [6.45, 7) is 0. The number of hydrogen-bond donors (Lipinski definition) is 3. The van der Waals surface area contributed by atoms with Crippen LogP contribution in [0.5, 0.6) is 0 Å². The van der Waals surface area contributed by atoms with Gasteiger partial charge in [-0.25, -0.2) is 8.42 Å². The van der Waals surface area contributed by atoms with Crippen molar-refractivity contribution in [1.82, 2.24) is 5.43 Å². The summed E-state index contributed by atoms with van der Waals surface area (Å²) in [6.07, 6.45) is 0. The SMILES string of the molecule is O=C(NNc1c(Cl)cc(Cl)cc1Cl)c1cccc(NS(=O)(=O)c2ccccc2)c1. The average molecular weight is 471 g/mol. The van der Waals surface area contributed by atoms with E-state index in [0.29, 0.717) is 5.02 Å². The number of halogens is 3. The predicted molar refractivity (Wildman–Crippen MR) is 116 cm³/mol. The second-order valence-corrected chi connectivity index (χ2v) is 8.76. The third-order valence-electron chi connectivity index (χ3n) is 3.74. The molecule has 0 aliphatic rings. The molecule has 3 rings (SSSR count). The second-order valence-electron chi connectivity index (χ2n) is 5.82. The molecule has 0 spiro atoms. The first-order valence-corrected chi connectivity index (χ1v) is 10.8. The summed E-state index contributed by atoms with van der Waals surface area (Å²) in [4.78, 5) is 12.5. The second kappa shape index (κ2) is 8.92. The van der Waals surface area contributed by atoms with Crippen LogP contribution in [0.1, 0.15) is 10.4 Å². The first kappa shape index (κ1) is 21.3. The maximum Gasteiger partial charge on any atom is 0.269 e. The molecular formula is C19H14Cl3N3O3S. The maximum atomic E-state index is 12.4. The molecule has 3 aromatic carbocycles. The fourth-order valence-corrected chi connectivity index (χ4v) is 4.37. The molecule has 3 N–H and O–H groups in total. The Kier molecular flexibility index (Phi) is 6.54. The topological polar surface area (TPSA) is 87.3 Å². The number of amides is 1. The van der Waals surface area contributed by atoms with E-state index < -0.39 is 15.9 Å².